The van der Waals surface area contributed by atoms with Crippen molar-refractivity contribution in [1.82, 2.24) is 4.57 Å². The molecule has 0 bridgehead atoms. The number of hydrogen-bond acceptors (Lipinski definition) is 3. The van der Waals surface area contributed by atoms with E-state index in [-0.39, 0.29) is 24.2 Å². The molecule has 1 heterocycles. The van der Waals surface area contributed by atoms with Crippen LogP contribution in [-0.4, -0.2) is 16.6 Å². The third kappa shape index (κ3) is 4.93. The molecular formula is C18H26BrNO3. The predicted octanol–water partition coefficient (Wildman–Crippen LogP) is 4.07. The molecule has 0 N–H and O–H groups in total. The number of carbonyl (C=O) groups is 1. The van der Waals surface area contributed by atoms with Gasteiger partial charge in [-0.2, -0.15) is 0 Å². The highest BCUT2D eigenvalue weighted by Gasteiger charge is 2.31. The topological polar surface area (TPSA) is 48.3 Å². The molecule has 23 heavy (non-hydrogen) atoms. The number of aromatic nitrogens is 1. The molecule has 0 amide bonds. The summed E-state index contributed by atoms with van der Waals surface area (Å²) in [6.45, 7) is 8.52. The molecule has 1 aromatic heterocycles. The lowest BCUT2D eigenvalue weighted by Crippen LogP contribution is -2.32. The van der Waals surface area contributed by atoms with Gasteiger partial charge in [-0.15, -0.1) is 0 Å². The van der Waals surface area contributed by atoms with Gasteiger partial charge in [0.15, 0.2) is 0 Å². The number of hydrogen-bond donors (Lipinski definition) is 0. The van der Waals surface area contributed by atoms with E-state index in [1.165, 1.54) is 4.57 Å². The molecule has 2 rings (SSSR count). The lowest BCUT2D eigenvalue weighted by Gasteiger charge is -2.36. The molecule has 5 heteroatoms. The second-order valence-electron chi connectivity index (χ2n) is 7.60. The largest absolute Gasteiger partial charge is 0.461 e. The highest BCUT2D eigenvalue weighted by Crippen LogP contribution is 2.38. The van der Waals surface area contributed by atoms with Crippen molar-refractivity contribution in [2.24, 2.45) is 11.3 Å². The molecule has 0 unspecified atom stereocenters. The summed E-state index contributed by atoms with van der Waals surface area (Å²) in [5, 5.41) is 0. The monoisotopic (exact) mass is 383 g/mol. The summed E-state index contributed by atoms with van der Waals surface area (Å²) in [7, 11) is 0. The van der Waals surface area contributed by atoms with Crippen molar-refractivity contribution in [1.29, 1.82) is 0 Å². The first-order valence-corrected chi connectivity index (χ1v) is 9.02. The van der Waals surface area contributed by atoms with Crippen molar-refractivity contribution in [2.45, 2.75) is 66.0 Å². The van der Waals surface area contributed by atoms with E-state index in [2.05, 4.69) is 36.7 Å². The Kier molecular flexibility index (Phi) is 5.71. The zero-order valence-corrected chi connectivity index (χ0v) is 16.0. The fourth-order valence-electron chi connectivity index (χ4n) is 3.27. The number of pyridine rings is 1. The Bertz CT molecular complexity index is 622. The van der Waals surface area contributed by atoms with Crippen LogP contribution in [0.15, 0.2) is 21.5 Å². The maximum Gasteiger partial charge on any atom is 0.326 e. The van der Waals surface area contributed by atoms with Gasteiger partial charge < -0.3 is 9.30 Å². The summed E-state index contributed by atoms with van der Waals surface area (Å²) < 4.78 is 7.77. The lowest BCUT2D eigenvalue weighted by molar-refractivity contribution is -0.152. The van der Waals surface area contributed by atoms with E-state index in [9.17, 15) is 9.59 Å². The molecule has 0 radical (unpaired) electrons. The molecule has 0 aliphatic heterocycles. The Labute approximate surface area is 146 Å². The summed E-state index contributed by atoms with van der Waals surface area (Å²) in [6, 6.07) is 1.75. The Morgan fingerprint density at radius 1 is 1.30 bits per heavy atom. The van der Waals surface area contributed by atoms with E-state index >= 15 is 0 Å². The van der Waals surface area contributed by atoms with E-state index in [4.69, 9.17) is 4.74 Å². The molecule has 1 saturated carbocycles. The van der Waals surface area contributed by atoms with Gasteiger partial charge in [-0.25, -0.2) is 0 Å². The standard InChI is InChI=1S/C18H26BrNO3/c1-12-9-14(19)10-20(17(12)22)11-16(21)23-15-7-5-13(6-8-15)18(2,3)4/h9-10,13,15H,5-8,11H2,1-4H3. The van der Waals surface area contributed by atoms with E-state index in [1.807, 2.05) is 0 Å². The summed E-state index contributed by atoms with van der Waals surface area (Å²) in [5.74, 6) is 0.358. The van der Waals surface area contributed by atoms with Gasteiger partial charge in [0.1, 0.15) is 12.6 Å². The van der Waals surface area contributed by atoms with Gasteiger partial charge in [0.2, 0.25) is 0 Å². The number of esters is 1. The Hall–Kier alpha value is -1.10. The minimum atomic E-state index is -0.330. The Morgan fingerprint density at radius 3 is 2.48 bits per heavy atom. The van der Waals surface area contributed by atoms with Crippen LogP contribution in [-0.2, 0) is 16.1 Å². The molecule has 1 aliphatic carbocycles. The van der Waals surface area contributed by atoms with Crippen LogP contribution < -0.4 is 5.56 Å². The van der Waals surface area contributed by atoms with Crippen LogP contribution in [0.25, 0.3) is 0 Å². The molecule has 0 atom stereocenters. The van der Waals surface area contributed by atoms with Crippen molar-refractivity contribution in [3.8, 4) is 0 Å². The molecule has 1 fully saturated rings. The maximum absolute atomic E-state index is 12.1. The average molecular weight is 384 g/mol. The fraction of sp³-hybridized carbons (Fsp3) is 0.667. The van der Waals surface area contributed by atoms with Gasteiger partial charge in [0.05, 0.1) is 0 Å². The van der Waals surface area contributed by atoms with Gasteiger partial charge in [-0.1, -0.05) is 20.8 Å². The fourth-order valence-corrected chi connectivity index (χ4v) is 3.86. The van der Waals surface area contributed by atoms with Gasteiger partial charge in [0, 0.05) is 16.2 Å². The molecule has 0 spiro atoms. The van der Waals surface area contributed by atoms with Crippen LogP contribution in [0.2, 0.25) is 0 Å². The minimum Gasteiger partial charge on any atom is -0.461 e. The zero-order chi connectivity index (χ0) is 17.2. The molecule has 128 valence electrons. The Balaban J connectivity index is 1.91. The van der Waals surface area contributed by atoms with Crippen LogP contribution in [0.1, 0.15) is 52.0 Å². The average Bonchev–Trinajstić information content (AvgIpc) is 2.43. The SMILES string of the molecule is Cc1cc(Br)cn(CC(=O)OC2CCC(C(C)(C)C)CC2)c1=O. The number of nitrogens with zero attached hydrogens (tertiary/aromatic N) is 1. The quantitative estimate of drug-likeness (QED) is 0.739. The predicted molar refractivity (Wildman–Crippen MR) is 94.4 cm³/mol. The van der Waals surface area contributed by atoms with E-state index in [0.29, 0.717) is 16.9 Å². The highest BCUT2D eigenvalue weighted by molar-refractivity contribution is 9.10. The lowest BCUT2D eigenvalue weighted by atomic mass is 9.72. The second-order valence-corrected chi connectivity index (χ2v) is 8.52. The zero-order valence-electron chi connectivity index (χ0n) is 14.4. The molecule has 4 nitrogen and oxygen atoms in total. The maximum atomic E-state index is 12.1. The van der Waals surface area contributed by atoms with Gasteiger partial charge in [-0.3, -0.25) is 9.59 Å². The van der Waals surface area contributed by atoms with Crippen molar-refractivity contribution < 1.29 is 9.53 Å². The minimum absolute atomic E-state index is 0.00921. The smallest absolute Gasteiger partial charge is 0.326 e. The van der Waals surface area contributed by atoms with Crippen LogP contribution in [0.5, 0.6) is 0 Å². The number of rotatable bonds is 3. The van der Waals surface area contributed by atoms with Gasteiger partial charge in [0.25, 0.3) is 5.56 Å². The second kappa shape index (κ2) is 7.20. The van der Waals surface area contributed by atoms with Crippen LogP contribution in [0.3, 0.4) is 0 Å². The Morgan fingerprint density at radius 2 is 1.91 bits per heavy atom. The summed E-state index contributed by atoms with van der Waals surface area (Å²) >= 11 is 3.35. The third-order valence-corrected chi connectivity index (χ3v) is 5.16. The molecule has 1 aliphatic rings. The van der Waals surface area contributed by atoms with Crippen LogP contribution in [0.4, 0.5) is 0 Å². The van der Waals surface area contributed by atoms with Gasteiger partial charge >= 0.3 is 5.97 Å². The number of aryl methyl sites for hydroxylation is 1. The van der Waals surface area contributed by atoms with Crippen molar-refractivity contribution >= 4 is 21.9 Å². The highest BCUT2D eigenvalue weighted by atomic mass is 79.9. The molecule has 0 aromatic carbocycles. The van der Waals surface area contributed by atoms with E-state index in [1.54, 1.807) is 19.2 Å². The number of halogens is 1. The van der Waals surface area contributed by atoms with Crippen molar-refractivity contribution in [3.63, 3.8) is 0 Å². The molecular weight excluding hydrogens is 358 g/mol. The van der Waals surface area contributed by atoms with Crippen LogP contribution >= 0.6 is 15.9 Å². The van der Waals surface area contributed by atoms with Crippen molar-refractivity contribution in [2.75, 3.05) is 0 Å². The normalized spacial score (nSPS) is 22.0. The van der Waals surface area contributed by atoms with Crippen molar-refractivity contribution in [3.05, 3.63) is 32.7 Å². The molecule has 1 aromatic rings. The number of carbonyl (C=O) groups excluding carboxylic acids is 1. The van der Waals surface area contributed by atoms with E-state index < -0.39 is 0 Å². The first-order valence-electron chi connectivity index (χ1n) is 8.23. The summed E-state index contributed by atoms with van der Waals surface area (Å²) in [5.41, 5.74) is 0.773. The van der Waals surface area contributed by atoms with E-state index in [0.717, 1.165) is 30.2 Å². The summed E-state index contributed by atoms with van der Waals surface area (Å²) in [6.07, 6.45) is 5.65. The van der Waals surface area contributed by atoms with Gasteiger partial charge in [-0.05, 0) is 65.9 Å². The first kappa shape index (κ1) is 18.2. The summed E-state index contributed by atoms with van der Waals surface area (Å²) in [4.78, 5) is 24.2. The van der Waals surface area contributed by atoms with Crippen LogP contribution in [0, 0.1) is 18.3 Å². The number of ether oxygens (including phenoxy) is 1. The first-order chi connectivity index (χ1) is 10.7. The molecule has 0 saturated heterocycles. The third-order valence-electron chi connectivity index (χ3n) is 4.73.